The van der Waals surface area contributed by atoms with Crippen LogP contribution < -0.4 is 0 Å². The van der Waals surface area contributed by atoms with E-state index in [1.54, 1.807) is 0 Å². The Kier molecular flexibility index (Phi) is 3.56. The van der Waals surface area contributed by atoms with E-state index in [2.05, 4.69) is 43.9 Å². The molecule has 2 heteroatoms. The summed E-state index contributed by atoms with van der Waals surface area (Å²) >= 11 is 0. The molecule has 0 fully saturated rings. The van der Waals surface area contributed by atoms with Crippen LogP contribution in [0, 0.1) is 0 Å². The molecule has 0 radical (unpaired) electrons. The third kappa shape index (κ3) is 3.01. The van der Waals surface area contributed by atoms with Gasteiger partial charge < -0.3 is 0 Å². The highest BCUT2D eigenvalue weighted by Gasteiger charge is 2.19. The Balaban J connectivity index is 2.26. The topological polar surface area (TPSA) is 12.9 Å². The number of hydrogen-bond acceptors (Lipinski definition) is 1. The first-order chi connectivity index (χ1) is 8.47. The van der Waals surface area contributed by atoms with E-state index in [1.165, 1.54) is 22.3 Å². The van der Waals surface area contributed by atoms with E-state index in [-0.39, 0.29) is 0 Å². The lowest BCUT2D eigenvalue weighted by atomic mass is 9.47. The Morgan fingerprint density at radius 1 is 1.39 bits per heavy atom. The number of hydrogen-bond donors (Lipinski definition) is 0. The number of nitrogens with zero attached hydrogens (tertiary/aromatic N) is 1. The monoisotopic (exact) mass is 237 g/mol. The third-order valence-corrected chi connectivity index (χ3v) is 3.20. The van der Waals surface area contributed by atoms with E-state index >= 15 is 0 Å². The van der Waals surface area contributed by atoms with E-state index in [1.807, 2.05) is 13.1 Å². The quantitative estimate of drug-likeness (QED) is 0.431. The molecule has 1 heterocycles. The Morgan fingerprint density at radius 2 is 2.11 bits per heavy atom. The lowest BCUT2D eigenvalue weighted by Gasteiger charge is -2.09. The van der Waals surface area contributed by atoms with Crippen LogP contribution in [-0.2, 0) is 6.42 Å². The van der Waals surface area contributed by atoms with Gasteiger partial charge in [-0.05, 0) is 49.4 Å². The highest BCUT2D eigenvalue weighted by molar-refractivity contribution is 6.64. The molecule has 2 rings (SSSR count). The van der Waals surface area contributed by atoms with E-state index in [0.717, 1.165) is 24.0 Å². The Bertz CT molecular complexity index is 540. The summed E-state index contributed by atoms with van der Waals surface area (Å²) in [5.41, 5.74) is 7.35. The Morgan fingerprint density at radius 3 is 2.67 bits per heavy atom. The van der Waals surface area contributed by atoms with Gasteiger partial charge in [-0.25, -0.2) is 0 Å². The van der Waals surface area contributed by atoms with Crippen molar-refractivity contribution in [3.8, 4) is 0 Å². The van der Waals surface area contributed by atoms with Gasteiger partial charge >= 0.3 is 0 Å². The van der Waals surface area contributed by atoms with Crippen molar-refractivity contribution in [2.45, 2.75) is 33.4 Å². The fourth-order valence-electron chi connectivity index (χ4n) is 2.27. The van der Waals surface area contributed by atoms with Gasteiger partial charge in [-0.15, -0.1) is 12.6 Å². The minimum Gasteiger partial charge on any atom is -0.256 e. The Hall–Kier alpha value is -1.57. The molecule has 0 aliphatic heterocycles. The summed E-state index contributed by atoms with van der Waals surface area (Å²) in [5.74, 6) is 2.27. The van der Waals surface area contributed by atoms with Crippen molar-refractivity contribution < 1.29 is 0 Å². The number of fused-ring (bicyclic) bond motifs is 1. The smallest absolute Gasteiger partial charge is 0.168 e. The molecular formula is C16H20BN. The van der Waals surface area contributed by atoms with E-state index in [4.69, 9.17) is 0 Å². The maximum Gasteiger partial charge on any atom is 0.168 e. The highest BCUT2D eigenvalue weighted by atomic mass is 14.7. The fourth-order valence-corrected chi connectivity index (χ4v) is 2.27. The maximum absolute atomic E-state index is 4.53. The summed E-state index contributed by atoms with van der Waals surface area (Å²) < 4.78 is 0. The highest BCUT2D eigenvalue weighted by Crippen LogP contribution is 2.31. The van der Waals surface area contributed by atoms with Crippen LogP contribution in [-0.4, -0.2) is 11.7 Å². The molecule has 0 atom stereocenters. The van der Waals surface area contributed by atoms with Gasteiger partial charge in [0.2, 0.25) is 0 Å². The van der Waals surface area contributed by atoms with Crippen molar-refractivity contribution >= 4 is 12.3 Å². The minimum atomic E-state index is 0.472. The van der Waals surface area contributed by atoms with Crippen LogP contribution in [0.3, 0.4) is 0 Å². The number of pyridine rings is 1. The molecule has 1 nitrogen and oxygen atoms in total. The van der Waals surface area contributed by atoms with Gasteiger partial charge in [0.1, 0.15) is 0 Å². The average molecular weight is 237 g/mol. The van der Waals surface area contributed by atoms with Gasteiger partial charge in [-0.3, -0.25) is 4.98 Å². The van der Waals surface area contributed by atoms with Crippen molar-refractivity contribution in [3.05, 3.63) is 59.4 Å². The Labute approximate surface area is 110 Å². The van der Waals surface area contributed by atoms with Crippen LogP contribution in [0.4, 0.5) is 0 Å². The summed E-state index contributed by atoms with van der Waals surface area (Å²) in [6, 6.07) is 2.20. The molecule has 92 valence electrons. The van der Waals surface area contributed by atoms with Crippen molar-refractivity contribution in [2.24, 2.45) is 0 Å². The van der Waals surface area contributed by atoms with Crippen LogP contribution in [0.5, 0.6) is 0 Å². The number of allylic oxidation sites excluding steroid dienone is 3. The summed E-state index contributed by atoms with van der Waals surface area (Å²) in [6.07, 6.45) is 4.12. The molecule has 1 aromatic heterocycles. The molecule has 1 aliphatic rings. The SMILES string of the molecule is C=C(C)CB(C)/C=C(\C(=C)C)c1cc2c(cn1)C2. The van der Waals surface area contributed by atoms with Gasteiger partial charge in [-0.2, -0.15) is 0 Å². The molecule has 0 unspecified atom stereocenters. The molecule has 0 aromatic carbocycles. The first kappa shape index (κ1) is 12.9. The zero-order valence-corrected chi connectivity index (χ0v) is 11.6. The van der Waals surface area contributed by atoms with Crippen molar-refractivity contribution in [1.82, 2.24) is 4.98 Å². The minimum absolute atomic E-state index is 0.472. The molecule has 0 N–H and O–H groups in total. The van der Waals surface area contributed by atoms with Crippen LogP contribution in [0.1, 0.15) is 30.7 Å². The average Bonchev–Trinajstić information content (AvgIpc) is 3.02. The zero-order chi connectivity index (χ0) is 13.3. The lowest BCUT2D eigenvalue weighted by Crippen LogP contribution is -2.05. The van der Waals surface area contributed by atoms with E-state index in [9.17, 15) is 0 Å². The fraction of sp³-hybridized carbons (Fsp3) is 0.312. The van der Waals surface area contributed by atoms with Gasteiger partial charge in [0.05, 0.1) is 5.69 Å². The predicted octanol–water partition coefficient (Wildman–Crippen LogP) is 4.19. The van der Waals surface area contributed by atoms with Crippen LogP contribution in [0.15, 0.2) is 42.5 Å². The summed E-state index contributed by atoms with van der Waals surface area (Å²) in [7, 11) is 0. The van der Waals surface area contributed by atoms with Crippen LogP contribution >= 0.6 is 0 Å². The second-order valence-corrected chi connectivity index (χ2v) is 5.51. The van der Waals surface area contributed by atoms with Gasteiger partial charge in [0, 0.05) is 6.20 Å². The molecular weight excluding hydrogens is 217 g/mol. The lowest BCUT2D eigenvalue weighted by molar-refractivity contribution is 1.27. The maximum atomic E-state index is 4.53. The summed E-state index contributed by atoms with van der Waals surface area (Å²) in [4.78, 5) is 4.53. The first-order valence-electron chi connectivity index (χ1n) is 6.47. The van der Waals surface area contributed by atoms with E-state index in [0.29, 0.717) is 6.71 Å². The largest absolute Gasteiger partial charge is 0.256 e. The van der Waals surface area contributed by atoms with Crippen molar-refractivity contribution in [2.75, 3.05) is 0 Å². The number of rotatable bonds is 5. The molecule has 1 aromatic rings. The molecule has 0 saturated carbocycles. The second-order valence-electron chi connectivity index (χ2n) is 5.51. The molecule has 0 amide bonds. The standard InChI is InChI=1S/C16H20BN/c1-11(2)8-17(5)9-15(12(3)4)16-7-13-6-14(13)10-18-16/h7,9-10H,1,3,6,8H2,2,4-5H3/b15-9+. The molecule has 0 spiro atoms. The van der Waals surface area contributed by atoms with Crippen molar-refractivity contribution in [3.63, 3.8) is 0 Å². The normalized spacial score (nSPS) is 12.9. The predicted molar refractivity (Wildman–Crippen MR) is 81.1 cm³/mol. The molecule has 18 heavy (non-hydrogen) atoms. The van der Waals surface area contributed by atoms with Gasteiger partial charge in [-0.1, -0.05) is 24.5 Å². The van der Waals surface area contributed by atoms with Gasteiger partial charge in [0.25, 0.3) is 0 Å². The van der Waals surface area contributed by atoms with Crippen LogP contribution in [0.2, 0.25) is 13.1 Å². The molecule has 1 aliphatic carbocycles. The third-order valence-electron chi connectivity index (χ3n) is 3.20. The zero-order valence-electron chi connectivity index (χ0n) is 11.6. The van der Waals surface area contributed by atoms with E-state index < -0.39 is 0 Å². The number of aromatic nitrogens is 1. The second kappa shape index (κ2) is 4.97. The molecule has 0 saturated heterocycles. The summed E-state index contributed by atoms with van der Waals surface area (Å²) in [5, 5.41) is 0. The van der Waals surface area contributed by atoms with Crippen molar-refractivity contribution in [1.29, 1.82) is 0 Å². The first-order valence-corrected chi connectivity index (χ1v) is 6.47. The van der Waals surface area contributed by atoms with Crippen LogP contribution in [0.25, 0.3) is 5.57 Å². The van der Waals surface area contributed by atoms with Gasteiger partial charge in [0.15, 0.2) is 6.71 Å². The molecule has 0 bridgehead atoms. The summed E-state index contributed by atoms with van der Waals surface area (Å²) in [6.45, 7) is 14.9.